The van der Waals surface area contributed by atoms with E-state index in [1.807, 2.05) is 16.7 Å². The normalized spacial score (nSPS) is 25.4. The lowest BCUT2D eigenvalue weighted by Gasteiger charge is -2.43. The molecule has 0 spiro atoms. The van der Waals surface area contributed by atoms with E-state index in [2.05, 4.69) is 4.90 Å². The summed E-state index contributed by atoms with van der Waals surface area (Å²) in [7, 11) is 0. The zero-order valence-corrected chi connectivity index (χ0v) is 24.3. The van der Waals surface area contributed by atoms with Gasteiger partial charge in [0.15, 0.2) is 0 Å². The van der Waals surface area contributed by atoms with Crippen molar-refractivity contribution in [3.8, 4) is 0 Å². The Morgan fingerprint density at radius 2 is 1.80 bits per heavy atom. The number of likely N-dealkylation sites (tertiary alicyclic amines) is 1. The number of benzene rings is 2. The van der Waals surface area contributed by atoms with Gasteiger partial charge in [0.1, 0.15) is 17.7 Å². The summed E-state index contributed by atoms with van der Waals surface area (Å²) >= 11 is 6.04. The van der Waals surface area contributed by atoms with Crippen LogP contribution in [0.15, 0.2) is 36.4 Å². The first-order valence-corrected chi connectivity index (χ1v) is 14.8. The van der Waals surface area contributed by atoms with Gasteiger partial charge in [0.05, 0.1) is 5.92 Å². The molecule has 41 heavy (non-hydrogen) atoms. The fourth-order valence-corrected chi connectivity index (χ4v) is 6.92. The van der Waals surface area contributed by atoms with Crippen LogP contribution in [-0.4, -0.2) is 95.7 Å². The molecule has 1 amide bonds. The molecule has 5 rings (SSSR count). The molecule has 222 valence electrons. The van der Waals surface area contributed by atoms with E-state index in [4.69, 9.17) is 16.3 Å². The van der Waals surface area contributed by atoms with Gasteiger partial charge in [-0.05, 0) is 61.6 Å². The van der Waals surface area contributed by atoms with Crippen LogP contribution in [0.25, 0.3) is 0 Å². The third-order valence-electron chi connectivity index (χ3n) is 9.02. The topological polar surface area (TPSA) is 73.3 Å². The van der Waals surface area contributed by atoms with Crippen molar-refractivity contribution in [1.82, 2.24) is 14.7 Å². The molecule has 3 fully saturated rings. The molecule has 2 aromatic rings. The van der Waals surface area contributed by atoms with Crippen molar-refractivity contribution in [2.75, 3.05) is 45.9 Å². The first-order chi connectivity index (χ1) is 19.6. The van der Waals surface area contributed by atoms with E-state index in [0.29, 0.717) is 62.1 Å². The SMILES string of the molecule is Cc1ccc(CC(C(=O)O)N2CCN(C(=O)[C@@H]3CN(C4CCOCC4)C[C@H]3c3ccc(Cl)cc3F)[C@@H](C)C2)c(F)c1. The number of aliphatic carboxylic acids is 1. The highest BCUT2D eigenvalue weighted by atomic mass is 35.5. The molecule has 0 bridgehead atoms. The van der Waals surface area contributed by atoms with E-state index >= 15 is 4.39 Å². The quantitative estimate of drug-likeness (QED) is 0.518. The lowest BCUT2D eigenvalue weighted by molar-refractivity contribution is -0.147. The van der Waals surface area contributed by atoms with Gasteiger partial charge in [0, 0.05) is 75.4 Å². The van der Waals surface area contributed by atoms with E-state index in [1.54, 1.807) is 31.2 Å². The van der Waals surface area contributed by atoms with Crippen LogP contribution in [0.2, 0.25) is 5.02 Å². The number of amides is 1. The van der Waals surface area contributed by atoms with E-state index in [0.717, 1.165) is 18.4 Å². The van der Waals surface area contributed by atoms with Gasteiger partial charge in [-0.15, -0.1) is 0 Å². The maximum Gasteiger partial charge on any atom is 0.321 e. The summed E-state index contributed by atoms with van der Waals surface area (Å²) in [6.45, 7) is 7.24. The lowest BCUT2D eigenvalue weighted by Crippen LogP contribution is -2.59. The second-order valence-corrected chi connectivity index (χ2v) is 12.1. The van der Waals surface area contributed by atoms with Gasteiger partial charge in [-0.3, -0.25) is 19.4 Å². The van der Waals surface area contributed by atoms with Crippen LogP contribution in [-0.2, 0) is 20.7 Å². The maximum absolute atomic E-state index is 15.1. The largest absolute Gasteiger partial charge is 0.480 e. The molecule has 10 heteroatoms. The van der Waals surface area contributed by atoms with E-state index in [1.165, 1.54) is 12.1 Å². The second-order valence-electron chi connectivity index (χ2n) is 11.7. The minimum Gasteiger partial charge on any atom is -0.480 e. The zero-order chi connectivity index (χ0) is 29.3. The van der Waals surface area contributed by atoms with Crippen molar-refractivity contribution in [2.45, 2.75) is 57.2 Å². The van der Waals surface area contributed by atoms with Gasteiger partial charge < -0.3 is 14.7 Å². The number of carboxylic acid groups (broad SMARTS) is 1. The average molecular weight is 590 g/mol. The summed E-state index contributed by atoms with van der Waals surface area (Å²) in [4.78, 5) is 32.3. The Balaban J connectivity index is 1.32. The molecule has 3 aliphatic rings. The molecule has 0 aliphatic carbocycles. The zero-order valence-electron chi connectivity index (χ0n) is 23.6. The van der Waals surface area contributed by atoms with Gasteiger partial charge in [-0.2, -0.15) is 0 Å². The summed E-state index contributed by atoms with van der Waals surface area (Å²) in [5, 5.41) is 10.3. The number of piperazine rings is 1. The Bertz CT molecular complexity index is 1270. The van der Waals surface area contributed by atoms with E-state index in [9.17, 15) is 19.1 Å². The van der Waals surface area contributed by atoms with Gasteiger partial charge in [0.2, 0.25) is 5.91 Å². The van der Waals surface area contributed by atoms with Gasteiger partial charge in [-0.25, -0.2) is 8.78 Å². The summed E-state index contributed by atoms with van der Waals surface area (Å²) in [5.41, 5.74) is 1.64. The van der Waals surface area contributed by atoms with Crippen LogP contribution in [0, 0.1) is 24.5 Å². The molecule has 3 heterocycles. The Morgan fingerprint density at radius 3 is 2.46 bits per heavy atom. The summed E-state index contributed by atoms with van der Waals surface area (Å²) in [6.07, 6.45) is 1.80. The first-order valence-electron chi connectivity index (χ1n) is 14.4. The van der Waals surface area contributed by atoms with Crippen molar-refractivity contribution in [1.29, 1.82) is 0 Å². The number of halogens is 3. The Morgan fingerprint density at radius 1 is 1.05 bits per heavy atom. The average Bonchev–Trinajstić information content (AvgIpc) is 3.38. The van der Waals surface area contributed by atoms with Gasteiger partial charge >= 0.3 is 5.97 Å². The fraction of sp³-hybridized carbons (Fsp3) is 0.548. The number of carbonyl (C=O) groups excluding carboxylic acids is 1. The van der Waals surface area contributed by atoms with Gasteiger partial charge in [-0.1, -0.05) is 29.8 Å². The highest BCUT2D eigenvalue weighted by Gasteiger charge is 2.45. The van der Waals surface area contributed by atoms with Crippen molar-refractivity contribution in [3.05, 3.63) is 69.7 Å². The highest BCUT2D eigenvalue weighted by Crippen LogP contribution is 2.39. The van der Waals surface area contributed by atoms with Crippen LogP contribution in [0.3, 0.4) is 0 Å². The predicted octanol–water partition coefficient (Wildman–Crippen LogP) is 4.35. The van der Waals surface area contributed by atoms with E-state index in [-0.39, 0.29) is 30.3 Å². The molecule has 4 atom stereocenters. The van der Waals surface area contributed by atoms with Crippen LogP contribution in [0.5, 0.6) is 0 Å². The van der Waals surface area contributed by atoms with Crippen molar-refractivity contribution >= 4 is 23.5 Å². The Kier molecular flexibility index (Phi) is 9.28. The summed E-state index contributed by atoms with van der Waals surface area (Å²) < 4.78 is 35.2. The number of rotatable bonds is 7. The van der Waals surface area contributed by atoms with Crippen LogP contribution < -0.4 is 0 Å². The van der Waals surface area contributed by atoms with Crippen LogP contribution in [0.4, 0.5) is 8.78 Å². The Hall–Kier alpha value is -2.59. The number of ether oxygens (including phenoxy) is 1. The molecule has 7 nitrogen and oxygen atoms in total. The van der Waals surface area contributed by atoms with Crippen LogP contribution in [0.1, 0.15) is 42.4 Å². The molecule has 1 N–H and O–H groups in total. The molecular formula is C31H38ClF2N3O4. The fourth-order valence-electron chi connectivity index (χ4n) is 6.76. The third-order valence-corrected chi connectivity index (χ3v) is 9.26. The summed E-state index contributed by atoms with van der Waals surface area (Å²) in [6, 6.07) is 8.63. The minimum atomic E-state index is -1.02. The number of nitrogens with zero attached hydrogens (tertiary/aromatic N) is 3. The summed E-state index contributed by atoms with van der Waals surface area (Å²) in [5.74, 6) is -2.61. The van der Waals surface area contributed by atoms with Crippen molar-refractivity contribution in [2.24, 2.45) is 5.92 Å². The minimum absolute atomic E-state index is 0.0393. The van der Waals surface area contributed by atoms with Crippen LogP contribution >= 0.6 is 11.6 Å². The van der Waals surface area contributed by atoms with Gasteiger partial charge in [0.25, 0.3) is 0 Å². The predicted molar refractivity (Wildman–Crippen MR) is 152 cm³/mol. The number of carbonyl (C=O) groups is 2. The molecule has 0 saturated carbocycles. The number of hydrogen-bond donors (Lipinski definition) is 1. The second kappa shape index (κ2) is 12.7. The molecular weight excluding hydrogens is 552 g/mol. The third kappa shape index (κ3) is 6.58. The number of hydrogen-bond acceptors (Lipinski definition) is 5. The molecule has 2 aromatic carbocycles. The molecule has 3 saturated heterocycles. The van der Waals surface area contributed by atoms with Crippen molar-refractivity contribution in [3.63, 3.8) is 0 Å². The monoisotopic (exact) mass is 589 g/mol. The molecule has 1 unspecified atom stereocenters. The standard InChI is InChI=1S/C31H38ClF2N3O4/c1-19-3-4-21(27(33)13-19)14-29(31(39)40)35-9-10-37(20(2)16-35)30(38)26-18-36(23-7-11-41-12-8-23)17-25(26)24-6-5-22(32)15-28(24)34/h3-6,13,15,20,23,25-26,29H,7-12,14,16-18H2,1-2H3,(H,39,40)/t20-,25-,26+,29?/m0/s1. The lowest BCUT2D eigenvalue weighted by atomic mass is 9.87. The molecule has 3 aliphatic heterocycles. The maximum atomic E-state index is 15.1. The Labute approximate surface area is 245 Å². The number of carboxylic acids is 1. The highest BCUT2D eigenvalue weighted by molar-refractivity contribution is 6.30. The molecule has 0 aromatic heterocycles. The van der Waals surface area contributed by atoms with E-state index < -0.39 is 29.6 Å². The smallest absolute Gasteiger partial charge is 0.321 e. The number of aryl methyl sites for hydroxylation is 1. The first kappa shape index (κ1) is 29.9. The van der Waals surface area contributed by atoms with Crippen molar-refractivity contribution < 1.29 is 28.2 Å². The molecule has 0 radical (unpaired) electrons.